The van der Waals surface area contributed by atoms with Crippen molar-refractivity contribution in [2.45, 2.75) is 19.6 Å². The first kappa shape index (κ1) is 15.5. The highest BCUT2D eigenvalue weighted by Gasteiger charge is 2.22. The van der Waals surface area contributed by atoms with Crippen molar-refractivity contribution in [3.05, 3.63) is 84.9 Å². The number of ether oxygens (including phenoxy) is 2. The van der Waals surface area contributed by atoms with Crippen molar-refractivity contribution < 1.29 is 9.47 Å². The molecule has 4 aromatic rings. The molecule has 124 valence electrons. The zero-order valence-electron chi connectivity index (χ0n) is 14.4. The Morgan fingerprint density at radius 2 is 0.920 bits per heavy atom. The lowest BCUT2D eigenvalue weighted by molar-refractivity contribution is -0.0808. The summed E-state index contributed by atoms with van der Waals surface area (Å²) in [4.78, 5) is 0. The van der Waals surface area contributed by atoms with Gasteiger partial charge in [-0.3, -0.25) is 0 Å². The third-order valence-corrected chi connectivity index (χ3v) is 4.17. The lowest BCUT2D eigenvalue weighted by atomic mass is 10.1. The Morgan fingerprint density at radius 1 is 0.520 bits per heavy atom. The second-order valence-corrected chi connectivity index (χ2v) is 6.62. The predicted octanol–water partition coefficient (Wildman–Crippen LogP) is 6.19. The van der Waals surface area contributed by atoms with Gasteiger partial charge < -0.3 is 9.47 Å². The van der Waals surface area contributed by atoms with Gasteiger partial charge in [0.2, 0.25) is 5.79 Å². The summed E-state index contributed by atoms with van der Waals surface area (Å²) in [6.07, 6.45) is 0. The average molecular weight is 328 g/mol. The van der Waals surface area contributed by atoms with Gasteiger partial charge in [0.15, 0.2) is 0 Å². The minimum atomic E-state index is -0.773. The van der Waals surface area contributed by atoms with Crippen LogP contribution in [0.5, 0.6) is 11.5 Å². The Bertz CT molecular complexity index is 951. The highest BCUT2D eigenvalue weighted by atomic mass is 16.7. The van der Waals surface area contributed by atoms with E-state index < -0.39 is 5.79 Å². The molecule has 0 atom stereocenters. The second-order valence-electron chi connectivity index (χ2n) is 6.62. The highest BCUT2D eigenvalue weighted by Crippen LogP contribution is 2.28. The van der Waals surface area contributed by atoms with Crippen molar-refractivity contribution in [2.24, 2.45) is 0 Å². The minimum absolute atomic E-state index is 0.773. The fourth-order valence-electron chi connectivity index (χ4n) is 3.05. The largest absolute Gasteiger partial charge is 0.453 e. The number of rotatable bonds is 4. The molecule has 0 aliphatic carbocycles. The molecule has 0 bridgehead atoms. The number of hydrogen-bond donors (Lipinski definition) is 0. The number of hydrogen-bond acceptors (Lipinski definition) is 2. The van der Waals surface area contributed by atoms with Gasteiger partial charge in [0, 0.05) is 13.8 Å². The van der Waals surface area contributed by atoms with Crippen LogP contribution in [0, 0.1) is 0 Å². The lowest BCUT2D eigenvalue weighted by Crippen LogP contribution is -2.35. The van der Waals surface area contributed by atoms with Gasteiger partial charge in [-0.15, -0.1) is 0 Å². The summed E-state index contributed by atoms with van der Waals surface area (Å²) in [7, 11) is 0. The molecule has 0 saturated carbocycles. The van der Waals surface area contributed by atoms with E-state index in [0.29, 0.717) is 0 Å². The van der Waals surface area contributed by atoms with Crippen molar-refractivity contribution in [1.82, 2.24) is 0 Å². The molecule has 0 unspecified atom stereocenters. The monoisotopic (exact) mass is 328 g/mol. The topological polar surface area (TPSA) is 18.5 Å². The molecule has 0 aliphatic rings. The molecule has 4 rings (SSSR count). The quantitative estimate of drug-likeness (QED) is 0.416. The first-order chi connectivity index (χ1) is 12.1. The van der Waals surface area contributed by atoms with Crippen LogP contribution in [-0.4, -0.2) is 5.79 Å². The van der Waals surface area contributed by atoms with E-state index in [1.807, 2.05) is 62.4 Å². The number of benzene rings is 4. The summed E-state index contributed by atoms with van der Waals surface area (Å²) in [5.74, 6) is 0.819. The van der Waals surface area contributed by atoms with Crippen molar-refractivity contribution >= 4 is 21.5 Å². The van der Waals surface area contributed by atoms with Gasteiger partial charge in [-0.05, 0) is 45.8 Å². The summed E-state index contributed by atoms with van der Waals surface area (Å²) in [6, 6.07) is 28.7. The van der Waals surface area contributed by atoms with Gasteiger partial charge in [-0.1, -0.05) is 60.7 Å². The summed E-state index contributed by atoms with van der Waals surface area (Å²) in [5, 5.41) is 4.70. The molecule has 25 heavy (non-hydrogen) atoms. The molecule has 0 aromatic heterocycles. The molecular weight excluding hydrogens is 308 g/mol. The average Bonchev–Trinajstić information content (AvgIpc) is 2.61. The minimum Gasteiger partial charge on any atom is -0.453 e. The molecule has 0 aliphatic heterocycles. The molecule has 2 nitrogen and oxygen atoms in total. The van der Waals surface area contributed by atoms with Crippen LogP contribution >= 0.6 is 0 Å². The lowest BCUT2D eigenvalue weighted by Gasteiger charge is -2.27. The van der Waals surface area contributed by atoms with Gasteiger partial charge >= 0.3 is 0 Å². The van der Waals surface area contributed by atoms with E-state index >= 15 is 0 Å². The molecule has 0 saturated heterocycles. The summed E-state index contributed by atoms with van der Waals surface area (Å²) in [6.45, 7) is 3.86. The van der Waals surface area contributed by atoms with Crippen LogP contribution in [-0.2, 0) is 0 Å². The Balaban J connectivity index is 1.57. The Morgan fingerprint density at radius 3 is 1.36 bits per heavy atom. The van der Waals surface area contributed by atoms with Crippen LogP contribution in [0.2, 0.25) is 0 Å². The third-order valence-electron chi connectivity index (χ3n) is 4.17. The van der Waals surface area contributed by atoms with Crippen molar-refractivity contribution in [1.29, 1.82) is 0 Å². The van der Waals surface area contributed by atoms with Gasteiger partial charge in [0.25, 0.3) is 0 Å². The maximum Gasteiger partial charge on any atom is 0.245 e. The molecule has 0 spiro atoms. The summed E-state index contributed by atoms with van der Waals surface area (Å²) >= 11 is 0. The molecule has 0 amide bonds. The SMILES string of the molecule is CC(C)(Oc1ccc2ccccc2c1)Oc1ccc2ccccc2c1. The van der Waals surface area contributed by atoms with Gasteiger partial charge in [-0.25, -0.2) is 0 Å². The number of fused-ring (bicyclic) bond motifs is 2. The smallest absolute Gasteiger partial charge is 0.245 e. The van der Waals surface area contributed by atoms with E-state index in [1.54, 1.807) is 0 Å². The van der Waals surface area contributed by atoms with E-state index in [2.05, 4.69) is 36.4 Å². The fraction of sp³-hybridized carbons (Fsp3) is 0.130. The molecule has 0 N–H and O–H groups in total. The van der Waals surface area contributed by atoms with Crippen molar-refractivity contribution in [3.8, 4) is 11.5 Å². The third kappa shape index (κ3) is 3.43. The maximum atomic E-state index is 6.10. The van der Waals surface area contributed by atoms with Crippen LogP contribution in [0.1, 0.15) is 13.8 Å². The molecule has 2 heteroatoms. The molecule has 0 heterocycles. The standard InChI is InChI=1S/C23H20O2/c1-23(2,24-21-13-11-17-7-3-5-9-19(17)15-21)25-22-14-12-18-8-4-6-10-20(18)16-22/h3-16H,1-2H3. The first-order valence-corrected chi connectivity index (χ1v) is 8.45. The van der Waals surface area contributed by atoms with Crippen LogP contribution in [0.3, 0.4) is 0 Å². The van der Waals surface area contributed by atoms with Crippen molar-refractivity contribution in [3.63, 3.8) is 0 Å². The normalized spacial score (nSPS) is 11.6. The van der Waals surface area contributed by atoms with Crippen molar-refractivity contribution in [2.75, 3.05) is 0 Å². The maximum absolute atomic E-state index is 6.10. The summed E-state index contributed by atoms with van der Waals surface area (Å²) in [5.41, 5.74) is 0. The molecule has 4 aromatic carbocycles. The molecule has 0 radical (unpaired) electrons. The first-order valence-electron chi connectivity index (χ1n) is 8.45. The van der Waals surface area contributed by atoms with E-state index in [9.17, 15) is 0 Å². The Kier molecular flexibility index (Phi) is 3.81. The predicted molar refractivity (Wildman–Crippen MR) is 103 cm³/mol. The van der Waals surface area contributed by atoms with Gasteiger partial charge in [-0.2, -0.15) is 0 Å². The zero-order chi connectivity index (χ0) is 17.3. The second kappa shape index (κ2) is 6.14. The van der Waals surface area contributed by atoms with E-state index in [4.69, 9.17) is 9.47 Å². The van der Waals surface area contributed by atoms with Gasteiger partial charge in [0.05, 0.1) is 0 Å². The van der Waals surface area contributed by atoms with E-state index in [0.717, 1.165) is 22.3 Å². The fourth-order valence-corrected chi connectivity index (χ4v) is 3.05. The van der Waals surface area contributed by atoms with E-state index in [1.165, 1.54) is 10.8 Å². The molecule has 0 fully saturated rings. The Hall–Kier alpha value is -3.00. The van der Waals surface area contributed by atoms with E-state index in [-0.39, 0.29) is 0 Å². The van der Waals surface area contributed by atoms with Gasteiger partial charge in [0.1, 0.15) is 11.5 Å². The summed E-state index contributed by atoms with van der Waals surface area (Å²) < 4.78 is 12.2. The zero-order valence-corrected chi connectivity index (χ0v) is 14.4. The van der Waals surface area contributed by atoms with Crippen LogP contribution in [0.15, 0.2) is 84.9 Å². The van der Waals surface area contributed by atoms with Crippen LogP contribution in [0.25, 0.3) is 21.5 Å². The van der Waals surface area contributed by atoms with Crippen LogP contribution in [0.4, 0.5) is 0 Å². The van der Waals surface area contributed by atoms with Crippen LogP contribution < -0.4 is 9.47 Å². The highest BCUT2D eigenvalue weighted by molar-refractivity contribution is 5.84. The Labute approximate surface area is 147 Å². The molecular formula is C23H20O2.